The summed E-state index contributed by atoms with van der Waals surface area (Å²) in [6, 6.07) is 9.43. The second-order valence-corrected chi connectivity index (χ2v) is 8.07. The molecular formula is C23H20N2O5S. The number of hydrogen-bond donors (Lipinski definition) is 1. The number of ether oxygens (including phenoxy) is 2. The molecule has 1 amide bonds. The number of rotatable bonds is 6. The minimum atomic E-state index is -0.648. The Kier molecular flexibility index (Phi) is 6.08. The van der Waals surface area contributed by atoms with Gasteiger partial charge in [0.1, 0.15) is 5.00 Å². The van der Waals surface area contributed by atoms with Crippen molar-refractivity contribution in [3.05, 3.63) is 64.2 Å². The van der Waals surface area contributed by atoms with Crippen LogP contribution >= 0.6 is 11.3 Å². The molecule has 0 bridgehead atoms. The van der Waals surface area contributed by atoms with Crippen molar-refractivity contribution in [3.63, 3.8) is 0 Å². The van der Waals surface area contributed by atoms with Gasteiger partial charge in [0.25, 0.3) is 5.91 Å². The van der Waals surface area contributed by atoms with Crippen LogP contribution in [0.15, 0.2) is 42.6 Å². The van der Waals surface area contributed by atoms with Gasteiger partial charge in [0.15, 0.2) is 6.61 Å². The Hall–Kier alpha value is -3.52. The lowest BCUT2D eigenvalue weighted by Crippen LogP contribution is -2.21. The topological polar surface area (TPSA) is 94.6 Å². The average Bonchev–Trinajstić information content (AvgIpc) is 3.36. The molecule has 3 aromatic rings. The van der Waals surface area contributed by atoms with Crippen molar-refractivity contribution in [2.75, 3.05) is 19.0 Å². The number of carbonyl (C=O) groups is 3. The second-order valence-electron chi connectivity index (χ2n) is 6.96. The molecular weight excluding hydrogens is 416 g/mol. The van der Waals surface area contributed by atoms with Crippen molar-refractivity contribution in [1.82, 2.24) is 4.98 Å². The Morgan fingerprint density at radius 2 is 2.03 bits per heavy atom. The Bertz CT molecular complexity index is 1190. The van der Waals surface area contributed by atoms with Crippen LogP contribution in [-0.2, 0) is 31.9 Å². The van der Waals surface area contributed by atoms with Gasteiger partial charge < -0.3 is 14.8 Å². The van der Waals surface area contributed by atoms with Gasteiger partial charge in [-0.2, -0.15) is 0 Å². The first-order valence-corrected chi connectivity index (χ1v) is 10.6. The minimum Gasteiger partial charge on any atom is -0.465 e. The van der Waals surface area contributed by atoms with Gasteiger partial charge in [-0.25, -0.2) is 9.59 Å². The van der Waals surface area contributed by atoms with Gasteiger partial charge in [-0.15, -0.1) is 11.3 Å². The number of nitrogens with one attached hydrogen (secondary N) is 1. The molecule has 1 N–H and O–H groups in total. The van der Waals surface area contributed by atoms with E-state index in [4.69, 9.17) is 9.47 Å². The SMILES string of the molecule is COC(=O)c1c(NC(=O)COC(=O)/C=C/c2cccc3cccnc23)sc2c1CCC2. The molecule has 0 saturated heterocycles. The molecule has 8 heteroatoms. The number of para-hydroxylation sites is 1. The van der Waals surface area contributed by atoms with Crippen LogP contribution in [0, 0.1) is 0 Å². The summed E-state index contributed by atoms with van der Waals surface area (Å²) in [6.07, 6.45) is 7.20. The number of aromatic nitrogens is 1. The van der Waals surface area contributed by atoms with Gasteiger partial charge >= 0.3 is 11.9 Å². The predicted molar refractivity (Wildman–Crippen MR) is 118 cm³/mol. The quantitative estimate of drug-likeness (QED) is 0.467. The molecule has 7 nitrogen and oxygen atoms in total. The molecule has 158 valence electrons. The maximum atomic E-state index is 12.3. The molecule has 2 heterocycles. The fourth-order valence-corrected chi connectivity index (χ4v) is 4.87. The second kappa shape index (κ2) is 9.09. The number of thiophene rings is 1. The zero-order valence-electron chi connectivity index (χ0n) is 16.8. The maximum absolute atomic E-state index is 12.3. The number of hydrogen-bond acceptors (Lipinski definition) is 7. The smallest absolute Gasteiger partial charge is 0.341 e. The van der Waals surface area contributed by atoms with E-state index in [0.717, 1.165) is 46.2 Å². The van der Waals surface area contributed by atoms with Gasteiger partial charge in [0, 0.05) is 28.1 Å². The largest absolute Gasteiger partial charge is 0.465 e. The number of nitrogens with zero attached hydrogens (tertiary/aromatic N) is 1. The Morgan fingerprint density at radius 3 is 2.87 bits per heavy atom. The molecule has 1 aromatic carbocycles. The highest BCUT2D eigenvalue weighted by molar-refractivity contribution is 7.17. The van der Waals surface area contributed by atoms with E-state index < -0.39 is 24.5 Å². The van der Waals surface area contributed by atoms with E-state index in [1.165, 1.54) is 24.5 Å². The van der Waals surface area contributed by atoms with Crippen LogP contribution in [0.1, 0.15) is 32.8 Å². The van der Waals surface area contributed by atoms with Crippen molar-refractivity contribution >= 4 is 51.2 Å². The van der Waals surface area contributed by atoms with E-state index in [9.17, 15) is 14.4 Å². The van der Waals surface area contributed by atoms with E-state index in [-0.39, 0.29) is 0 Å². The maximum Gasteiger partial charge on any atom is 0.341 e. The first-order chi connectivity index (χ1) is 15.1. The highest BCUT2D eigenvalue weighted by Gasteiger charge is 2.28. The molecule has 0 spiro atoms. The fraction of sp³-hybridized carbons (Fsp3) is 0.217. The van der Waals surface area contributed by atoms with Crippen LogP contribution < -0.4 is 5.32 Å². The van der Waals surface area contributed by atoms with Crippen molar-refractivity contribution in [2.24, 2.45) is 0 Å². The van der Waals surface area contributed by atoms with Gasteiger partial charge in [0.05, 0.1) is 18.2 Å². The van der Waals surface area contributed by atoms with Crippen LogP contribution in [0.5, 0.6) is 0 Å². The standard InChI is InChI=1S/C23H20N2O5S/c1-29-23(28)20-16-8-3-9-17(16)31-22(20)25-18(26)13-30-19(27)11-10-15-6-2-5-14-7-4-12-24-21(14)15/h2,4-7,10-12H,3,8-9,13H2,1H3,(H,25,26)/b11-10+. The molecule has 0 aliphatic heterocycles. The zero-order chi connectivity index (χ0) is 21.8. The predicted octanol–water partition coefficient (Wildman–Crippen LogP) is 3.77. The number of aryl methyl sites for hydroxylation is 1. The molecule has 0 saturated carbocycles. The van der Waals surface area contributed by atoms with E-state index in [0.29, 0.717) is 10.6 Å². The van der Waals surface area contributed by atoms with Crippen molar-refractivity contribution in [3.8, 4) is 0 Å². The molecule has 0 radical (unpaired) electrons. The molecule has 31 heavy (non-hydrogen) atoms. The minimum absolute atomic E-state index is 0.406. The summed E-state index contributed by atoms with van der Waals surface area (Å²) in [5.74, 6) is -1.64. The molecule has 0 fully saturated rings. The lowest BCUT2D eigenvalue weighted by molar-refractivity contribution is -0.142. The summed E-state index contributed by atoms with van der Waals surface area (Å²) in [5.41, 5.74) is 2.89. The summed E-state index contributed by atoms with van der Waals surface area (Å²) in [5, 5.41) is 4.08. The number of carbonyl (C=O) groups excluding carboxylic acids is 3. The van der Waals surface area contributed by atoms with Crippen LogP contribution in [0.25, 0.3) is 17.0 Å². The molecule has 1 aliphatic carbocycles. The van der Waals surface area contributed by atoms with Crippen LogP contribution in [-0.4, -0.2) is 36.5 Å². The van der Waals surface area contributed by atoms with E-state index in [1.807, 2.05) is 30.3 Å². The van der Waals surface area contributed by atoms with Crippen molar-refractivity contribution in [2.45, 2.75) is 19.3 Å². The van der Waals surface area contributed by atoms with Crippen molar-refractivity contribution in [1.29, 1.82) is 0 Å². The first kappa shape index (κ1) is 20.7. The van der Waals surface area contributed by atoms with Gasteiger partial charge in [0.2, 0.25) is 0 Å². The summed E-state index contributed by atoms with van der Waals surface area (Å²) < 4.78 is 9.91. The van der Waals surface area contributed by atoms with Crippen LogP contribution in [0.3, 0.4) is 0 Å². The molecule has 0 unspecified atom stereocenters. The molecule has 2 aromatic heterocycles. The number of amides is 1. The number of methoxy groups -OCH3 is 1. The third kappa shape index (κ3) is 4.49. The Balaban J connectivity index is 1.38. The number of pyridine rings is 1. The normalized spacial score (nSPS) is 12.7. The van der Waals surface area contributed by atoms with Crippen LogP contribution in [0.2, 0.25) is 0 Å². The van der Waals surface area contributed by atoms with Crippen molar-refractivity contribution < 1.29 is 23.9 Å². The molecule has 1 aliphatic rings. The summed E-state index contributed by atoms with van der Waals surface area (Å²) >= 11 is 1.37. The highest BCUT2D eigenvalue weighted by atomic mass is 32.1. The average molecular weight is 436 g/mol. The Morgan fingerprint density at radius 1 is 1.19 bits per heavy atom. The summed E-state index contributed by atoms with van der Waals surface area (Å²) in [7, 11) is 1.31. The zero-order valence-corrected chi connectivity index (χ0v) is 17.7. The fourth-order valence-electron chi connectivity index (χ4n) is 3.58. The van der Waals surface area contributed by atoms with Gasteiger partial charge in [-0.3, -0.25) is 9.78 Å². The third-order valence-electron chi connectivity index (χ3n) is 4.97. The molecule has 0 atom stereocenters. The summed E-state index contributed by atoms with van der Waals surface area (Å²) in [6.45, 7) is -0.458. The number of fused-ring (bicyclic) bond motifs is 2. The summed E-state index contributed by atoms with van der Waals surface area (Å²) in [4.78, 5) is 41.9. The number of esters is 2. The Labute approximate surface area is 182 Å². The lowest BCUT2D eigenvalue weighted by Gasteiger charge is -2.07. The van der Waals surface area contributed by atoms with E-state index in [1.54, 1.807) is 12.3 Å². The van der Waals surface area contributed by atoms with Gasteiger partial charge in [-0.1, -0.05) is 24.3 Å². The first-order valence-electron chi connectivity index (χ1n) is 9.78. The number of anilines is 1. The van der Waals surface area contributed by atoms with E-state index in [2.05, 4.69) is 10.3 Å². The third-order valence-corrected chi connectivity index (χ3v) is 6.18. The van der Waals surface area contributed by atoms with Gasteiger partial charge in [-0.05, 0) is 37.0 Å². The van der Waals surface area contributed by atoms with Crippen LogP contribution in [0.4, 0.5) is 5.00 Å². The van der Waals surface area contributed by atoms with E-state index >= 15 is 0 Å². The molecule has 4 rings (SSSR count). The highest BCUT2D eigenvalue weighted by Crippen LogP contribution is 2.39. The number of benzene rings is 1. The lowest BCUT2D eigenvalue weighted by atomic mass is 10.1. The monoisotopic (exact) mass is 436 g/mol.